The summed E-state index contributed by atoms with van der Waals surface area (Å²) in [6.07, 6.45) is 3.13. The Bertz CT molecular complexity index is 1160. The second kappa shape index (κ2) is 8.13. The van der Waals surface area contributed by atoms with Crippen molar-refractivity contribution in [1.82, 2.24) is 9.29 Å². The summed E-state index contributed by atoms with van der Waals surface area (Å²) in [5.74, 6) is 0.315. The number of methoxy groups -OCH3 is 1. The van der Waals surface area contributed by atoms with Crippen LogP contribution >= 0.6 is 0 Å². The van der Waals surface area contributed by atoms with Gasteiger partial charge in [0.15, 0.2) is 0 Å². The fraction of sp³-hybridized carbons (Fsp3) is 0.350. The van der Waals surface area contributed by atoms with Gasteiger partial charge in [-0.25, -0.2) is 13.2 Å². The molecule has 1 aromatic carbocycles. The zero-order chi connectivity index (χ0) is 21.3. The van der Waals surface area contributed by atoms with Gasteiger partial charge in [-0.1, -0.05) is 6.07 Å². The van der Waals surface area contributed by atoms with Gasteiger partial charge in [0.25, 0.3) is 10.0 Å². The first-order valence-electron chi connectivity index (χ1n) is 9.66. The van der Waals surface area contributed by atoms with E-state index in [0.29, 0.717) is 43.1 Å². The molecule has 0 aliphatic carbocycles. The number of nitrogens with zero attached hydrogens (tertiary/aromatic N) is 1. The van der Waals surface area contributed by atoms with Crippen molar-refractivity contribution in [3.05, 3.63) is 42.3 Å². The van der Waals surface area contributed by atoms with Crippen LogP contribution in [-0.2, 0) is 14.8 Å². The fourth-order valence-electron chi connectivity index (χ4n) is 3.61. The smallest absolute Gasteiger partial charge is 0.323 e. The Labute approximate surface area is 174 Å². The highest BCUT2D eigenvalue weighted by Crippen LogP contribution is 2.29. The van der Waals surface area contributed by atoms with Crippen molar-refractivity contribution in [2.45, 2.75) is 31.0 Å². The number of hydrogen-bond donors (Lipinski definition) is 3. The minimum atomic E-state index is -3.78. The number of carbonyl (C=O) groups is 1. The first-order chi connectivity index (χ1) is 14.4. The molecule has 30 heavy (non-hydrogen) atoms. The van der Waals surface area contributed by atoms with Gasteiger partial charge in [-0.3, -0.25) is 0 Å². The molecule has 1 aliphatic rings. The lowest BCUT2D eigenvalue weighted by Crippen LogP contribution is -2.40. The van der Waals surface area contributed by atoms with E-state index in [1.807, 2.05) is 18.2 Å². The topological polar surface area (TPSA) is 117 Å². The number of aryl methyl sites for hydroxylation is 1. The van der Waals surface area contributed by atoms with Crippen LogP contribution in [0.2, 0.25) is 0 Å². The molecule has 3 heterocycles. The molecule has 3 aromatic rings. The van der Waals surface area contributed by atoms with Gasteiger partial charge >= 0.3 is 6.03 Å². The molecule has 4 rings (SSSR count). The third-order valence-corrected chi connectivity index (χ3v) is 7.07. The van der Waals surface area contributed by atoms with Gasteiger partial charge in [0.2, 0.25) is 5.09 Å². The lowest BCUT2D eigenvalue weighted by molar-refractivity contribution is 0.0601. The maximum atomic E-state index is 12.9. The minimum Gasteiger partial charge on any atom is -0.446 e. The van der Waals surface area contributed by atoms with E-state index < -0.39 is 16.1 Å². The highest BCUT2D eigenvalue weighted by atomic mass is 32.2. The van der Waals surface area contributed by atoms with Gasteiger partial charge in [0.1, 0.15) is 5.76 Å². The molecule has 0 saturated carbocycles. The van der Waals surface area contributed by atoms with Gasteiger partial charge in [0, 0.05) is 43.4 Å². The lowest BCUT2D eigenvalue weighted by Gasteiger charge is -2.29. The van der Waals surface area contributed by atoms with Crippen molar-refractivity contribution in [3.8, 4) is 0 Å². The number of furan rings is 1. The predicted octanol–water partition coefficient (Wildman–Crippen LogP) is 3.51. The van der Waals surface area contributed by atoms with E-state index in [2.05, 4.69) is 15.6 Å². The molecule has 0 unspecified atom stereocenters. The summed E-state index contributed by atoms with van der Waals surface area (Å²) in [5, 5.41) is 6.15. The maximum Gasteiger partial charge on any atom is 0.323 e. The number of anilines is 2. The van der Waals surface area contributed by atoms with Crippen molar-refractivity contribution in [2.24, 2.45) is 0 Å². The second-order valence-corrected chi connectivity index (χ2v) is 9.07. The first-order valence-corrected chi connectivity index (χ1v) is 11.1. The van der Waals surface area contributed by atoms with Gasteiger partial charge < -0.3 is 24.8 Å². The van der Waals surface area contributed by atoms with E-state index in [0.717, 1.165) is 10.9 Å². The molecule has 1 saturated heterocycles. The number of urea groups is 1. The summed E-state index contributed by atoms with van der Waals surface area (Å²) in [7, 11) is -2.15. The van der Waals surface area contributed by atoms with Crippen LogP contribution in [0, 0.1) is 6.92 Å². The monoisotopic (exact) mass is 432 g/mol. The summed E-state index contributed by atoms with van der Waals surface area (Å²) in [4.78, 5) is 15.6. The summed E-state index contributed by atoms with van der Waals surface area (Å²) in [5.41, 5.74) is 1.85. The highest BCUT2D eigenvalue weighted by Gasteiger charge is 2.32. The number of rotatable bonds is 5. The number of ether oxygens (including phenoxy) is 1. The van der Waals surface area contributed by atoms with Gasteiger partial charge in [0.05, 0.1) is 17.5 Å². The number of fused-ring (bicyclic) bond motifs is 1. The predicted molar refractivity (Wildman–Crippen MR) is 113 cm³/mol. The summed E-state index contributed by atoms with van der Waals surface area (Å²) < 4.78 is 38.0. The van der Waals surface area contributed by atoms with Crippen LogP contribution in [0.25, 0.3) is 10.9 Å². The Hall–Kier alpha value is -2.82. The van der Waals surface area contributed by atoms with E-state index in [9.17, 15) is 13.2 Å². The van der Waals surface area contributed by atoms with Crippen molar-refractivity contribution >= 4 is 38.3 Å². The lowest BCUT2D eigenvalue weighted by atomic mass is 10.1. The van der Waals surface area contributed by atoms with E-state index >= 15 is 0 Å². The number of hydrogen-bond acceptors (Lipinski definition) is 5. The minimum absolute atomic E-state index is 0.0696. The van der Waals surface area contributed by atoms with Gasteiger partial charge in [-0.15, -0.1) is 0 Å². The standard InChI is InChI=1S/C20H24N4O5S/c1-13-18(23-20(25)22-17-5-3-4-16-15(17)6-9-21-16)12-19(29-13)30(26,27)24-10-7-14(28-2)8-11-24/h3-6,9,12,14,21H,7-8,10-11H2,1-2H3,(H2,22,23,25). The van der Waals surface area contributed by atoms with E-state index in [1.165, 1.54) is 10.4 Å². The summed E-state index contributed by atoms with van der Waals surface area (Å²) in [6, 6.07) is 8.25. The number of aromatic amines is 1. The van der Waals surface area contributed by atoms with Crippen LogP contribution in [0.15, 0.2) is 46.0 Å². The van der Waals surface area contributed by atoms with E-state index in [4.69, 9.17) is 9.15 Å². The molecule has 2 aromatic heterocycles. The average molecular weight is 433 g/mol. The molecule has 0 atom stereocenters. The van der Waals surface area contributed by atoms with Crippen LogP contribution in [0.5, 0.6) is 0 Å². The zero-order valence-corrected chi connectivity index (χ0v) is 17.6. The van der Waals surface area contributed by atoms with E-state index in [-0.39, 0.29) is 11.2 Å². The Balaban J connectivity index is 1.47. The maximum absolute atomic E-state index is 12.9. The number of amides is 2. The number of H-pyrrole nitrogens is 1. The third kappa shape index (κ3) is 3.93. The van der Waals surface area contributed by atoms with Crippen molar-refractivity contribution < 1.29 is 22.4 Å². The van der Waals surface area contributed by atoms with Gasteiger partial charge in [-0.05, 0) is 38.0 Å². The van der Waals surface area contributed by atoms with E-state index in [1.54, 1.807) is 26.3 Å². The molecule has 3 N–H and O–H groups in total. The Kier molecular flexibility index (Phi) is 5.54. The molecule has 2 amide bonds. The molecule has 1 aliphatic heterocycles. The van der Waals surface area contributed by atoms with Gasteiger partial charge in [-0.2, -0.15) is 4.31 Å². The highest BCUT2D eigenvalue weighted by molar-refractivity contribution is 7.89. The molecule has 10 heteroatoms. The largest absolute Gasteiger partial charge is 0.446 e. The average Bonchev–Trinajstić information content (AvgIpc) is 3.36. The number of sulfonamides is 1. The van der Waals surface area contributed by atoms with Crippen LogP contribution in [0.1, 0.15) is 18.6 Å². The van der Waals surface area contributed by atoms with Crippen LogP contribution in [-0.4, -0.2) is 50.0 Å². The molecule has 1 fully saturated rings. The Morgan fingerprint density at radius 1 is 1.20 bits per heavy atom. The first kappa shape index (κ1) is 20.5. The number of benzene rings is 1. The van der Waals surface area contributed by atoms with Crippen molar-refractivity contribution in [3.63, 3.8) is 0 Å². The molecule has 9 nitrogen and oxygen atoms in total. The molecule has 0 spiro atoms. The summed E-state index contributed by atoms with van der Waals surface area (Å²) >= 11 is 0. The van der Waals surface area contributed by atoms with Crippen molar-refractivity contribution in [1.29, 1.82) is 0 Å². The van der Waals surface area contributed by atoms with Crippen molar-refractivity contribution in [2.75, 3.05) is 30.8 Å². The Morgan fingerprint density at radius 2 is 1.93 bits per heavy atom. The third-order valence-electron chi connectivity index (χ3n) is 5.31. The van der Waals surface area contributed by atoms with Crippen LogP contribution in [0.4, 0.5) is 16.2 Å². The molecular formula is C20H24N4O5S. The molecule has 0 radical (unpaired) electrons. The fourth-order valence-corrected chi connectivity index (χ4v) is 5.05. The number of piperidine rings is 1. The summed E-state index contributed by atoms with van der Waals surface area (Å²) in [6.45, 7) is 2.34. The molecular weight excluding hydrogens is 408 g/mol. The second-order valence-electron chi connectivity index (χ2n) is 7.20. The molecule has 160 valence electrons. The number of carbonyl (C=O) groups excluding carboxylic acids is 1. The quantitative estimate of drug-likeness (QED) is 0.570. The van der Waals surface area contributed by atoms with Crippen LogP contribution in [0.3, 0.4) is 0 Å². The number of nitrogens with one attached hydrogen (secondary N) is 3. The van der Waals surface area contributed by atoms with Crippen LogP contribution < -0.4 is 10.6 Å². The Morgan fingerprint density at radius 3 is 2.67 bits per heavy atom. The number of aromatic nitrogens is 1. The zero-order valence-electron chi connectivity index (χ0n) is 16.8. The molecule has 0 bridgehead atoms. The SMILES string of the molecule is COC1CCN(S(=O)(=O)c2cc(NC(=O)Nc3cccc4[nH]ccc34)c(C)o2)CC1. The normalized spacial score (nSPS) is 16.1.